The Balaban J connectivity index is 4.29. The normalized spacial score (nSPS) is 15.1. The Morgan fingerprint density at radius 2 is 2.07 bits per heavy atom. The minimum absolute atomic E-state index is 0.321. The molecule has 0 aliphatic heterocycles. The van der Waals surface area contributed by atoms with Crippen LogP contribution in [0.3, 0.4) is 0 Å². The summed E-state index contributed by atoms with van der Waals surface area (Å²) in [5.74, 6) is -0.321. The first-order valence-electron chi connectivity index (χ1n) is 4.83. The first-order valence-corrected chi connectivity index (χ1v) is 4.83. The summed E-state index contributed by atoms with van der Waals surface area (Å²) in [5, 5.41) is 9.19. The summed E-state index contributed by atoms with van der Waals surface area (Å²) in [6.07, 6.45) is 1.68. The van der Waals surface area contributed by atoms with E-state index in [2.05, 4.69) is 0 Å². The molecule has 14 heavy (non-hydrogen) atoms. The van der Waals surface area contributed by atoms with E-state index in [0.717, 1.165) is 0 Å². The Bertz CT molecular complexity index is 227. The van der Waals surface area contributed by atoms with Crippen LogP contribution in [0.1, 0.15) is 41.0 Å². The van der Waals surface area contributed by atoms with Gasteiger partial charge in [0.15, 0.2) is 0 Å². The number of aliphatic hydroxyl groups is 1. The summed E-state index contributed by atoms with van der Waals surface area (Å²) in [6.45, 7) is 8.76. The van der Waals surface area contributed by atoms with E-state index >= 15 is 0 Å². The quantitative estimate of drug-likeness (QED) is 0.558. The SMILES string of the molecule is CC=C(C)C(=O)OC(C)(C)CC(C)O. The lowest BCUT2D eigenvalue weighted by molar-refractivity contribution is -0.153. The van der Waals surface area contributed by atoms with E-state index in [9.17, 15) is 9.90 Å². The Morgan fingerprint density at radius 3 is 2.43 bits per heavy atom. The van der Waals surface area contributed by atoms with Crippen LogP contribution in [0.2, 0.25) is 0 Å². The molecule has 0 aliphatic carbocycles. The van der Waals surface area contributed by atoms with Crippen LogP contribution in [0.4, 0.5) is 0 Å². The molecule has 0 spiro atoms. The first-order chi connectivity index (χ1) is 6.28. The molecule has 0 radical (unpaired) electrons. The van der Waals surface area contributed by atoms with Gasteiger partial charge >= 0.3 is 5.97 Å². The summed E-state index contributed by atoms with van der Waals surface area (Å²) in [4.78, 5) is 11.4. The molecule has 0 fully saturated rings. The molecule has 0 aliphatic rings. The zero-order valence-corrected chi connectivity index (χ0v) is 9.63. The number of aliphatic hydroxyl groups excluding tert-OH is 1. The molecular weight excluding hydrogens is 180 g/mol. The van der Waals surface area contributed by atoms with Crippen molar-refractivity contribution in [1.82, 2.24) is 0 Å². The summed E-state index contributed by atoms with van der Waals surface area (Å²) >= 11 is 0. The van der Waals surface area contributed by atoms with Gasteiger partial charge in [0.1, 0.15) is 5.60 Å². The number of hydrogen-bond acceptors (Lipinski definition) is 3. The molecule has 0 rings (SSSR count). The van der Waals surface area contributed by atoms with Gasteiger partial charge < -0.3 is 9.84 Å². The molecule has 0 bridgehead atoms. The van der Waals surface area contributed by atoms with E-state index in [4.69, 9.17) is 4.74 Å². The maximum atomic E-state index is 11.4. The highest BCUT2D eigenvalue weighted by molar-refractivity contribution is 5.87. The van der Waals surface area contributed by atoms with Crippen LogP contribution >= 0.6 is 0 Å². The van der Waals surface area contributed by atoms with Crippen LogP contribution in [0.5, 0.6) is 0 Å². The highest BCUT2D eigenvalue weighted by Crippen LogP contribution is 2.18. The van der Waals surface area contributed by atoms with Crippen LogP contribution in [-0.4, -0.2) is 22.8 Å². The Morgan fingerprint density at radius 1 is 1.57 bits per heavy atom. The molecule has 1 N–H and O–H groups in total. The molecule has 0 aromatic carbocycles. The van der Waals surface area contributed by atoms with Crippen molar-refractivity contribution in [3.05, 3.63) is 11.6 Å². The maximum absolute atomic E-state index is 11.4. The Hall–Kier alpha value is -0.830. The van der Waals surface area contributed by atoms with Crippen molar-refractivity contribution >= 4 is 5.97 Å². The van der Waals surface area contributed by atoms with E-state index in [-0.39, 0.29) is 5.97 Å². The first kappa shape index (κ1) is 13.2. The fourth-order valence-corrected chi connectivity index (χ4v) is 1.20. The molecule has 0 amide bonds. The van der Waals surface area contributed by atoms with Crippen LogP contribution in [0.25, 0.3) is 0 Å². The second-order valence-electron chi connectivity index (χ2n) is 4.17. The fraction of sp³-hybridized carbons (Fsp3) is 0.727. The number of carbonyl (C=O) groups is 1. The van der Waals surface area contributed by atoms with Crippen molar-refractivity contribution in [2.24, 2.45) is 0 Å². The smallest absolute Gasteiger partial charge is 0.333 e. The van der Waals surface area contributed by atoms with Gasteiger partial charge in [0, 0.05) is 12.0 Å². The molecule has 3 nitrogen and oxygen atoms in total. The Kier molecular flexibility index (Phi) is 4.85. The van der Waals surface area contributed by atoms with Crippen molar-refractivity contribution in [1.29, 1.82) is 0 Å². The van der Waals surface area contributed by atoms with E-state index in [1.165, 1.54) is 0 Å². The average molecular weight is 200 g/mol. The van der Waals surface area contributed by atoms with Gasteiger partial charge in [0.05, 0.1) is 6.10 Å². The van der Waals surface area contributed by atoms with E-state index < -0.39 is 11.7 Å². The summed E-state index contributed by atoms with van der Waals surface area (Å²) in [6, 6.07) is 0. The van der Waals surface area contributed by atoms with Gasteiger partial charge in [-0.1, -0.05) is 6.08 Å². The van der Waals surface area contributed by atoms with Crippen molar-refractivity contribution in [2.45, 2.75) is 52.7 Å². The molecular formula is C11H20O3. The zero-order chi connectivity index (χ0) is 11.4. The van der Waals surface area contributed by atoms with E-state index in [1.807, 2.05) is 0 Å². The predicted molar refractivity (Wildman–Crippen MR) is 55.9 cm³/mol. The lowest BCUT2D eigenvalue weighted by Crippen LogP contribution is -2.32. The minimum atomic E-state index is -0.616. The molecule has 0 aromatic heterocycles. The summed E-state index contributed by atoms with van der Waals surface area (Å²) in [5.41, 5.74) is -0.0288. The van der Waals surface area contributed by atoms with Gasteiger partial charge in [-0.3, -0.25) is 0 Å². The highest BCUT2D eigenvalue weighted by Gasteiger charge is 2.25. The number of esters is 1. The predicted octanol–water partition coefficient (Wildman–Crippen LogP) is 2.05. The number of rotatable bonds is 4. The van der Waals surface area contributed by atoms with Gasteiger partial charge in [-0.25, -0.2) is 4.79 Å². The zero-order valence-electron chi connectivity index (χ0n) is 9.63. The molecule has 0 saturated carbocycles. The standard InChI is InChI=1S/C11H20O3/c1-6-8(2)10(13)14-11(4,5)7-9(3)12/h6,9,12H,7H2,1-5H3. The van der Waals surface area contributed by atoms with Crippen LogP contribution < -0.4 is 0 Å². The molecule has 1 atom stereocenters. The largest absolute Gasteiger partial charge is 0.456 e. The molecule has 0 heterocycles. The van der Waals surface area contributed by atoms with Gasteiger partial charge in [0.25, 0.3) is 0 Å². The maximum Gasteiger partial charge on any atom is 0.333 e. The minimum Gasteiger partial charge on any atom is -0.456 e. The van der Waals surface area contributed by atoms with Crippen LogP contribution in [-0.2, 0) is 9.53 Å². The molecule has 3 heteroatoms. The third-order valence-electron chi connectivity index (χ3n) is 1.91. The van der Waals surface area contributed by atoms with E-state index in [1.54, 1.807) is 40.7 Å². The van der Waals surface area contributed by atoms with Gasteiger partial charge in [-0.2, -0.15) is 0 Å². The second kappa shape index (κ2) is 5.15. The molecule has 82 valence electrons. The van der Waals surface area contributed by atoms with Crippen molar-refractivity contribution < 1.29 is 14.6 Å². The van der Waals surface area contributed by atoms with Crippen LogP contribution in [0, 0.1) is 0 Å². The fourth-order valence-electron chi connectivity index (χ4n) is 1.20. The van der Waals surface area contributed by atoms with Crippen LogP contribution in [0.15, 0.2) is 11.6 Å². The molecule has 0 saturated heterocycles. The van der Waals surface area contributed by atoms with Crippen molar-refractivity contribution in [3.63, 3.8) is 0 Å². The molecule has 1 unspecified atom stereocenters. The number of carbonyl (C=O) groups excluding carboxylic acids is 1. The number of ether oxygens (including phenoxy) is 1. The monoisotopic (exact) mass is 200 g/mol. The summed E-state index contributed by atoms with van der Waals surface area (Å²) in [7, 11) is 0. The topological polar surface area (TPSA) is 46.5 Å². The van der Waals surface area contributed by atoms with Crippen molar-refractivity contribution in [3.8, 4) is 0 Å². The molecule has 0 aromatic rings. The van der Waals surface area contributed by atoms with Gasteiger partial charge in [0.2, 0.25) is 0 Å². The number of allylic oxidation sites excluding steroid dienone is 1. The average Bonchev–Trinajstić information content (AvgIpc) is 1.99. The van der Waals surface area contributed by atoms with Gasteiger partial charge in [-0.15, -0.1) is 0 Å². The van der Waals surface area contributed by atoms with Crippen molar-refractivity contribution in [2.75, 3.05) is 0 Å². The lowest BCUT2D eigenvalue weighted by Gasteiger charge is -2.26. The third-order valence-corrected chi connectivity index (χ3v) is 1.91. The number of hydrogen-bond donors (Lipinski definition) is 1. The second-order valence-corrected chi connectivity index (χ2v) is 4.17. The van der Waals surface area contributed by atoms with E-state index in [0.29, 0.717) is 12.0 Å². The Labute approximate surface area is 85.8 Å². The summed E-state index contributed by atoms with van der Waals surface area (Å²) < 4.78 is 5.23. The highest BCUT2D eigenvalue weighted by atomic mass is 16.6. The third kappa shape index (κ3) is 5.02. The lowest BCUT2D eigenvalue weighted by atomic mass is 10.0. The van der Waals surface area contributed by atoms with Gasteiger partial charge in [-0.05, 0) is 34.6 Å².